The lowest BCUT2D eigenvalue weighted by molar-refractivity contribution is -0.122. The van der Waals surface area contributed by atoms with Gasteiger partial charge < -0.3 is 16.4 Å². The van der Waals surface area contributed by atoms with Crippen molar-refractivity contribution in [2.24, 2.45) is 5.73 Å². The van der Waals surface area contributed by atoms with Gasteiger partial charge in [-0.15, -0.1) is 0 Å². The van der Waals surface area contributed by atoms with Crippen LogP contribution >= 0.6 is 11.6 Å². The first-order valence-corrected chi connectivity index (χ1v) is 8.04. The predicted molar refractivity (Wildman–Crippen MR) is 86.5 cm³/mol. The monoisotopic (exact) mass is 323 g/mol. The summed E-state index contributed by atoms with van der Waals surface area (Å²) in [7, 11) is 0. The summed E-state index contributed by atoms with van der Waals surface area (Å²) in [6, 6.07) is 6.18. The largest absolute Gasteiger partial charge is 0.353 e. The molecule has 5 nitrogen and oxygen atoms in total. The normalized spacial score (nSPS) is 16.8. The van der Waals surface area contributed by atoms with Crippen molar-refractivity contribution in [2.75, 3.05) is 0 Å². The maximum atomic E-state index is 12.2. The van der Waals surface area contributed by atoms with Crippen molar-refractivity contribution < 1.29 is 9.59 Å². The minimum Gasteiger partial charge on any atom is -0.353 e. The van der Waals surface area contributed by atoms with Gasteiger partial charge in [-0.1, -0.05) is 49.1 Å². The van der Waals surface area contributed by atoms with Crippen molar-refractivity contribution >= 4 is 23.5 Å². The number of urea groups is 1. The lowest BCUT2D eigenvalue weighted by Crippen LogP contribution is -2.40. The van der Waals surface area contributed by atoms with E-state index < -0.39 is 12.1 Å². The van der Waals surface area contributed by atoms with Gasteiger partial charge in [0.1, 0.15) is 0 Å². The summed E-state index contributed by atoms with van der Waals surface area (Å²) in [4.78, 5) is 23.4. The van der Waals surface area contributed by atoms with Crippen LogP contribution in [0, 0.1) is 0 Å². The van der Waals surface area contributed by atoms with E-state index in [0.29, 0.717) is 10.6 Å². The van der Waals surface area contributed by atoms with Crippen LogP contribution in [-0.4, -0.2) is 18.0 Å². The fraction of sp³-hybridized carbons (Fsp3) is 0.500. The smallest absolute Gasteiger partial charge is 0.312 e. The molecule has 1 saturated carbocycles. The number of primary amides is 1. The number of nitrogens with two attached hydrogens (primary N) is 1. The van der Waals surface area contributed by atoms with E-state index in [1.807, 2.05) is 6.07 Å². The molecular formula is C16H22ClN3O2. The molecule has 3 amide bonds. The van der Waals surface area contributed by atoms with E-state index in [1.165, 1.54) is 6.42 Å². The number of carbonyl (C=O) groups is 2. The summed E-state index contributed by atoms with van der Waals surface area (Å²) in [5.74, 6) is -0.0921. The fourth-order valence-corrected chi connectivity index (χ4v) is 3.15. The molecule has 1 aromatic rings. The standard InChI is InChI=1S/C16H22ClN3O2/c17-13-9-5-4-8-12(13)14(20-16(18)22)10-15(21)19-11-6-2-1-3-7-11/h4-5,8-9,11,14H,1-3,6-7,10H2,(H,19,21)(H3,18,20,22)/t14-/m0/s1. The summed E-state index contributed by atoms with van der Waals surface area (Å²) in [5, 5.41) is 6.14. The molecule has 0 spiro atoms. The number of halogens is 1. The highest BCUT2D eigenvalue weighted by Crippen LogP contribution is 2.25. The van der Waals surface area contributed by atoms with E-state index >= 15 is 0 Å². The molecule has 0 radical (unpaired) electrons. The quantitative estimate of drug-likeness (QED) is 0.778. The van der Waals surface area contributed by atoms with Crippen molar-refractivity contribution in [3.8, 4) is 0 Å². The topological polar surface area (TPSA) is 84.2 Å². The van der Waals surface area contributed by atoms with E-state index in [2.05, 4.69) is 10.6 Å². The summed E-state index contributed by atoms with van der Waals surface area (Å²) in [5.41, 5.74) is 5.91. The van der Waals surface area contributed by atoms with Crippen LogP contribution in [0.2, 0.25) is 5.02 Å². The Balaban J connectivity index is 2.01. The molecule has 0 unspecified atom stereocenters. The Hall–Kier alpha value is -1.75. The number of carbonyl (C=O) groups excluding carboxylic acids is 2. The fourth-order valence-electron chi connectivity index (χ4n) is 2.89. The molecule has 6 heteroatoms. The number of amides is 3. The number of hydrogen-bond acceptors (Lipinski definition) is 2. The second-order valence-corrected chi connectivity index (χ2v) is 6.10. The van der Waals surface area contributed by atoms with Crippen LogP contribution in [0.3, 0.4) is 0 Å². The molecule has 0 saturated heterocycles. The van der Waals surface area contributed by atoms with Crippen LogP contribution in [-0.2, 0) is 4.79 Å². The van der Waals surface area contributed by atoms with Gasteiger partial charge in [0.2, 0.25) is 5.91 Å². The zero-order valence-corrected chi connectivity index (χ0v) is 13.2. The van der Waals surface area contributed by atoms with Gasteiger partial charge in [-0.05, 0) is 24.5 Å². The molecule has 1 aliphatic carbocycles. The lowest BCUT2D eigenvalue weighted by Gasteiger charge is -2.24. The van der Waals surface area contributed by atoms with Gasteiger partial charge in [0.15, 0.2) is 0 Å². The Kier molecular flexibility index (Phi) is 6.07. The van der Waals surface area contributed by atoms with Gasteiger partial charge in [-0.2, -0.15) is 0 Å². The van der Waals surface area contributed by atoms with Gasteiger partial charge in [-0.3, -0.25) is 4.79 Å². The average Bonchev–Trinajstić information content (AvgIpc) is 2.47. The second kappa shape index (κ2) is 8.03. The first-order chi connectivity index (χ1) is 10.6. The molecule has 0 aromatic heterocycles. The van der Waals surface area contributed by atoms with E-state index in [-0.39, 0.29) is 18.4 Å². The van der Waals surface area contributed by atoms with E-state index in [9.17, 15) is 9.59 Å². The highest BCUT2D eigenvalue weighted by molar-refractivity contribution is 6.31. The highest BCUT2D eigenvalue weighted by Gasteiger charge is 2.22. The Morgan fingerprint density at radius 2 is 1.91 bits per heavy atom. The maximum absolute atomic E-state index is 12.2. The third kappa shape index (κ3) is 4.91. The molecule has 0 heterocycles. The van der Waals surface area contributed by atoms with Crippen LogP contribution in [0.25, 0.3) is 0 Å². The van der Waals surface area contributed by atoms with Crippen molar-refractivity contribution in [1.82, 2.24) is 10.6 Å². The zero-order chi connectivity index (χ0) is 15.9. The Labute approximate surface area is 135 Å². The molecule has 4 N–H and O–H groups in total. The number of hydrogen-bond donors (Lipinski definition) is 3. The van der Waals surface area contributed by atoms with Crippen LogP contribution < -0.4 is 16.4 Å². The Bertz CT molecular complexity index is 530. The summed E-state index contributed by atoms with van der Waals surface area (Å²) in [6.45, 7) is 0. The summed E-state index contributed by atoms with van der Waals surface area (Å²) < 4.78 is 0. The van der Waals surface area contributed by atoms with Gasteiger partial charge in [0, 0.05) is 11.1 Å². The first-order valence-electron chi connectivity index (χ1n) is 7.66. The molecule has 1 atom stereocenters. The van der Waals surface area contributed by atoms with Gasteiger partial charge in [-0.25, -0.2) is 4.79 Å². The molecule has 0 bridgehead atoms. The van der Waals surface area contributed by atoms with Gasteiger partial charge >= 0.3 is 6.03 Å². The minimum absolute atomic E-state index is 0.0921. The molecule has 22 heavy (non-hydrogen) atoms. The third-order valence-electron chi connectivity index (χ3n) is 3.96. The van der Waals surface area contributed by atoms with Crippen molar-refractivity contribution in [3.05, 3.63) is 34.9 Å². The molecule has 1 fully saturated rings. The molecule has 2 rings (SSSR count). The van der Waals surface area contributed by atoms with Crippen LogP contribution in [0.5, 0.6) is 0 Å². The SMILES string of the molecule is NC(=O)N[C@@H](CC(=O)NC1CCCCC1)c1ccccc1Cl. The van der Waals surface area contributed by atoms with E-state index in [0.717, 1.165) is 25.7 Å². The zero-order valence-electron chi connectivity index (χ0n) is 12.5. The number of rotatable bonds is 5. The highest BCUT2D eigenvalue weighted by atomic mass is 35.5. The second-order valence-electron chi connectivity index (χ2n) is 5.69. The molecule has 0 aliphatic heterocycles. The maximum Gasteiger partial charge on any atom is 0.312 e. The van der Waals surface area contributed by atoms with E-state index in [1.54, 1.807) is 18.2 Å². The first kappa shape index (κ1) is 16.6. The van der Waals surface area contributed by atoms with Gasteiger partial charge in [0.05, 0.1) is 12.5 Å². The number of nitrogens with one attached hydrogen (secondary N) is 2. The minimum atomic E-state index is -0.671. The van der Waals surface area contributed by atoms with Crippen molar-refractivity contribution in [1.29, 1.82) is 0 Å². The molecule has 1 aromatic carbocycles. The van der Waals surface area contributed by atoms with Crippen LogP contribution in [0.4, 0.5) is 4.79 Å². The average molecular weight is 324 g/mol. The number of benzene rings is 1. The van der Waals surface area contributed by atoms with Crippen LogP contribution in [0.15, 0.2) is 24.3 Å². The Morgan fingerprint density at radius 1 is 1.23 bits per heavy atom. The van der Waals surface area contributed by atoms with Crippen molar-refractivity contribution in [3.63, 3.8) is 0 Å². The Morgan fingerprint density at radius 3 is 2.55 bits per heavy atom. The lowest BCUT2D eigenvalue weighted by atomic mass is 9.95. The third-order valence-corrected chi connectivity index (χ3v) is 4.30. The molecule has 120 valence electrons. The van der Waals surface area contributed by atoms with Crippen molar-refractivity contribution in [2.45, 2.75) is 50.6 Å². The summed E-state index contributed by atoms with van der Waals surface area (Å²) >= 11 is 6.15. The predicted octanol–water partition coefficient (Wildman–Crippen LogP) is 2.89. The van der Waals surface area contributed by atoms with Gasteiger partial charge in [0.25, 0.3) is 0 Å². The van der Waals surface area contributed by atoms with Crippen LogP contribution in [0.1, 0.15) is 50.1 Å². The van der Waals surface area contributed by atoms with E-state index in [4.69, 9.17) is 17.3 Å². The summed E-state index contributed by atoms with van der Waals surface area (Å²) in [6.07, 6.45) is 5.70. The molecular weight excluding hydrogens is 302 g/mol. The molecule has 1 aliphatic rings.